The molecule has 0 aliphatic rings. The van der Waals surface area contributed by atoms with Crippen LogP contribution in [0.4, 0.5) is 0 Å². The van der Waals surface area contributed by atoms with Gasteiger partial charge in [-0.2, -0.15) is 0 Å². The lowest BCUT2D eigenvalue weighted by molar-refractivity contribution is -0.139. The Bertz CT molecular complexity index is 311. The molecule has 0 atom stereocenters. The Balaban J connectivity index is 3.97. The van der Waals surface area contributed by atoms with E-state index in [-0.39, 0.29) is 13.2 Å². The van der Waals surface area contributed by atoms with Crippen LogP contribution < -0.4 is 10.5 Å². The molecule has 15 heavy (non-hydrogen) atoms. The van der Waals surface area contributed by atoms with Crippen LogP contribution in [-0.4, -0.2) is 39.8 Å². The molecule has 0 radical (unpaired) electrons. The molecule has 0 aromatic carbocycles. The minimum atomic E-state index is -3.60. The lowest BCUT2D eigenvalue weighted by Crippen LogP contribution is -2.31. The molecule has 0 spiro atoms. The molecule has 0 rings (SSSR count). The van der Waals surface area contributed by atoms with Gasteiger partial charge in [0.25, 0.3) is 0 Å². The van der Waals surface area contributed by atoms with E-state index >= 15 is 0 Å². The maximum absolute atomic E-state index is 11.2. The number of carbonyl (C=O) groups is 1. The number of rotatable bonds is 7. The predicted octanol–water partition coefficient (Wildman–Crippen LogP) is -1.02. The van der Waals surface area contributed by atoms with Crippen LogP contribution >= 0.6 is 0 Å². The van der Waals surface area contributed by atoms with E-state index in [2.05, 4.69) is 9.46 Å². The molecule has 0 saturated carbocycles. The normalized spacial score (nSPS) is 11.9. The van der Waals surface area contributed by atoms with Crippen molar-refractivity contribution in [1.82, 2.24) is 4.72 Å². The summed E-state index contributed by atoms with van der Waals surface area (Å²) in [5, 5.41) is 0. The molecule has 0 aliphatic heterocycles. The number of esters is 1. The van der Waals surface area contributed by atoms with Crippen molar-refractivity contribution >= 4 is 16.0 Å². The molecular weight excluding hydrogens is 220 g/mol. The van der Waals surface area contributed by atoms with Crippen LogP contribution in [0.3, 0.4) is 0 Å². The van der Waals surface area contributed by atoms with Gasteiger partial charge in [-0.25, -0.2) is 13.1 Å². The van der Waals surface area contributed by atoms with Crippen LogP contribution in [-0.2, 0) is 19.6 Å². The zero-order valence-corrected chi connectivity index (χ0v) is 9.42. The fourth-order valence-corrected chi connectivity index (χ4v) is 1.61. The number of hydrogen-bond acceptors (Lipinski definition) is 5. The lowest BCUT2D eigenvalue weighted by Gasteiger charge is -2.03. The summed E-state index contributed by atoms with van der Waals surface area (Å²) in [5.41, 5.74) is 5.16. The van der Waals surface area contributed by atoms with E-state index in [1.807, 2.05) is 0 Å². The summed E-state index contributed by atoms with van der Waals surface area (Å²) in [6, 6.07) is 0. The third-order valence-corrected chi connectivity index (χ3v) is 2.56. The smallest absolute Gasteiger partial charge is 0.322 e. The van der Waals surface area contributed by atoms with Gasteiger partial charge in [0, 0.05) is 13.1 Å². The SMILES string of the molecule is CCOC(=O)CS(=O)(=O)NC/C=C/CN. The molecule has 0 aliphatic carbocycles. The average Bonchev–Trinajstić information content (AvgIpc) is 2.12. The highest BCUT2D eigenvalue weighted by atomic mass is 32.2. The monoisotopic (exact) mass is 236 g/mol. The maximum Gasteiger partial charge on any atom is 0.322 e. The Hall–Kier alpha value is -0.920. The zero-order valence-electron chi connectivity index (χ0n) is 8.60. The summed E-state index contributed by atoms with van der Waals surface area (Å²) in [6.07, 6.45) is 3.19. The first-order valence-corrected chi connectivity index (χ1v) is 6.15. The molecule has 3 N–H and O–H groups in total. The zero-order chi connectivity index (χ0) is 11.7. The molecule has 0 bridgehead atoms. The molecule has 0 heterocycles. The standard InChI is InChI=1S/C8H16N2O4S/c1-2-14-8(11)7-15(12,13)10-6-4-3-5-9/h3-4,10H,2,5-7,9H2,1H3/b4-3+. The van der Waals surface area contributed by atoms with Crippen LogP contribution in [0.2, 0.25) is 0 Å². The second-order valence-electron chi connectivity index (χ2n) is 2.62. The van der Waals surface area contributed by atoms with E-state index in [0.29, 0.717) is 6.54 Å². The van der Waals surface area contributed by atoms with Gasteiger partial charge in [-0.3, -0.25) is 4.79 Å². The van der Waals surface area contributed by atoms with E-state index in [4.69, 9.17) is 5.73 Å². The van der Waals surface area contributed by atoms with Crippen molar-refractivity contribution in [3.8, 4) is 0 Å². The number of nitrogens with one attached hydrogen (secondary N) is 1. The van der Waals surface area contributed by atoms with Gasteiger partial charge in [-0.05, 0) is 6.92 Å². The van der Waals surface area contributed by atoms with Gasteiger partial charge in [0.15, 0.2) is 5.75 Å². The topological polar surface area (TPSA) is 98.5 Å². The minimum absolute atomic E-state index is 0.124. The Kier molecular flexibility index (Phi) is 6.93. The highest BCUT2D eigenvalue weighted by Crippen LogP contribution is 1.87. The Labute approximate surface area is 89.5 Å². The van der Waals surface area contributed by atoms with Gasteiger partial charge in [0.05, 0.1) is 6.61 Å². The summed E-state index contributed by atoms with van der Waals surface area (Å²) >= 11 is 0. The molecule has 0 aromatic heterocycles. The van der Waals surface area contributed by atoms with Crippen LogP contribution in [0.1, 0.15) is 6.92 Å². The van der Waals surface area contributed by atoms with Gasteiger partial charge in [-0.1, -0.05) is 12.2 Å². The van der Waals surface area contributed by atoms with E-state index in [9.17, 15) is 13.2 Å². The predicted molar refractivity (Wildman–Crippen MR) is 56.6 cm³/mol. The van der Waals surface area contributed by atoms with E-state index in [0.717, 1.165) is 0 Å². The second kappa shape index (κ2) is 7.38. The van der Waals surface area contributed by atoms with Crippen LogP contribution in [0.25, 0.3) is 0 Å². The van der Waals surface area contributed by atoms with Gasteiger partial charge >= 0.3 is 5.97 Å². The van der Waals surface area contributed by atoms with Crippen LogP contribution in [0, 0.1) is 0 Å². The molecule has 0 aromatic rings. The van der Waals surface area contributed by atoms with Crippen molar-refractivity contribution < 1.29 is 17.9 Å². The van der Waals surface area contributed by atoms with Crippen molar-refractivity contribution in [3.05, 3.63) is 12.2 Å². The first-order chi connectivity index (χ1) is 7.02. The summed E-state index contributed by atoms with van der Waals surface area (Å²) in [6.45, 7) is 2.25. The molecule has 88 valence electrons. The fraction of sp³-hybridized carbons (Fsp3) is 0.625. The fourth-order valence-electron chi connectivity index (χ4n) is 0.763. The molecule has 0 unspecified atom stereocenters. The number of ether oxygens (including phenoxy) is 1. The van der Waals surface area contributed by atoms with E-state index in [1.54, 1.807) is 19.1 Å². The summed E-state index contributed by atoms with van der Waals surface area (Å²) in [7, 11) is -3.60. The summed E-state index contributed by atoms with van der Waals surface area (Å²) in [5.74, 6) is -1.41. The Morgan fingerprint density at radius 1 is 1.47 bits per heavy atom. The lowest BCUT2D eigenvalue weighted by atomic mass is 10.5. The van der Waals surface area contributed by atoms with Gasteiger partial charge in [-0.15, -0.1) is 0 Å². The molecule has 0 amide bonds. The molecule has 6 nitrogen and oxygen atoms in total. The van der Waals surface area contributed by atoms with Crippen LogP contribution in [0.15, 0.2) is 12.2 Å². The third kappa shape index (κ3) is 8.10. The quantitative estimate of drug-likeness (QED) is 0.435. The van der Waals surface area contributed by atoms with Crippen molar-refractivity contribution in [2.75, 3.05) is 25.4 Å². The number of sulfonamides is 1. The largest absolute Gasteiger partial charge is 0.465 e. The van der Waals surface area contributed by atoms with Gasteiger partial charge < -0.3 is 10.5 Å². The first-order valence-electron chi connectivity index (χ1n) is 4.50. The van der Waals surface area contributed by atoms with E-state index in [1.165, 1.54) is 0 Å². The highest BCUT2D eigenvalue weighted by Gasteiger charge is 2.15. The third-order valence-electron chi connectivity index (χ3n) is 1.34. The van der Waals surface area contributed by atoms with Crippen molar-refractivity contribution in [2.45, 2.75) is 6.92 Å². The van der Waals surface area contributed by atoms with Gasteiger partial charge in [0.2, 0.25) is 10.0 Å². The minimum Gasteiger partial charge on any atom is -0.465 e. The number of nitrogens with two attached hydrogens (primary N) is 1. The average molecular weight is 236 g/mol. The Morgan fingerprint density at radius 3 is 2.67 bits per heavy atom. The van der Waals surface area contributed by atoms with E-state index < -0.39 is 21.7 Å². The molecular formula is C8H16N2O4S. The molecule has 0 fully saturated rings. The van der Waals surface area contributed by atoms with Crippen molar-refractivity contribution in [3.63, 3.8) is 0 Å². The van der Waals surface area contributed by atoms with Gasteiger partial charge in [0.1, 0.15) is 0 Å². The first kappa shape index (κ1) is 14.1. The van der Waals surface area contributed by atoms with Crippen LogP contribution in [0.5, 0.6) is 0 Å². The van der Waals surface area contributed by atoms with Crippen molar-refractivity contribution in [2.24, 2.45) is 5.73 Å². The number of carbonyl (C=O) groups excluding carboxylic acids is 1. The number of hydrogen-bond donors (Lipinski definition) is 2. The highest BCUT2D eigenvalue weighted by molar-refractivity contribution is 7.90. The second-order valence-corrected chi connectivity index (χ2v) is 4.43. The Morgan fingerprint density at radius 2 is 2.13 bits per heavy atom. The van der Waals surface area contributed by atoms with Crippen molar-refractivity contribution in [1.29, 1.82) is 0 Å². The summed E-state index contributed by atoms with van der Waals surface area (Å²) in [4.78, 5) is 10.9. The maximum atomic E-state index is 11.2. The summed E-state index contributed by atoms with van der Waals surface area (Å²) < 4.78 is 29.1. The molecule has 0 saturated heterocycles. The molecule has 7 heteroatoms.